The largest absolute Gasteiger partial charge is 0.371 e. The summed E-state index contributed by atoms with van der Waals surface area (Å²) in [5.74, 6) is 0.829. The van der Waals surface area contributed by atoms with E-state index in [9.17, 15) is 4.79 Å². The minimum absolute atomic E-state index is 0.105. The first-order chi connectivity index (χ1) is 11.7. The van der Waals surface area contributed by atoms with Crippen LogP contribution >= 0.6 is 0 Å². The Balaban J connectivity index is 1.52. The molecule has 0 radical (unpaired) electrons. The Morgan fingerprint density at radius 2 is 1.96 bits per heavy atom. The number of piperazine rings is 1. The zero-order chi connectivity index (χ0) is 16.9. The molecule has 2 aromatic heterocycles. The zero-order valence-electron chi connectivity index (χ0n) is 14.1. The molecule has 1 fully saturated rings. The number of anilines is 2. The molecule has 24 heavy (non-hydrogen) atoms. The van der Waals surface area contributed by atoms with Crippen LogP contribution in [0.4, 0.5) is 11.6 Å². The Morgan fingerprint density at radius 1 is 1.25 bits per heavy atom. The summed E-state index contributed by atoms with van der Waals surface area (Å²) < 4.78 is 1.83. The SMILES string of the molecule is CCn1cc(N[C@@H](C)C(=O)N2CCN(c3ncccn3)CC2)cn1. The van der Waals surface area contributed by atoms with Gasteiger partial charge in [0.15, 0.2) is 0 Å². The van der Waals surface area contributed by atoms with E-state index in [0.29, 0.717) is 13.1 Å². The molecule has 1 amide bonds. The average molecular weight is 329 g/mol. The van der Waals surface area contributed by atoms with E-state index in [4.69, 9.17) is 0 Å². The average Bonchev–Trinajstić information content (AvgIpc) is 3.09. The first-order valence-electron chi connectivity index (χ1n) is 8.27. The number of rotatable bonds is 5. The van der Waals surface area contributed by atoms with Crippen molar-refractivity contribution in [2.24, 2.45) is 0 Å². The van der Waals surface area contributed by atoms with Gasteiger partial charge < -0.3 is 15.1 Å². The van der Waals surface area contributed by atoms with Crippen LogP contribution in [0.15, 0.2) is 30.9 Å². The number of hydrogen-bond donors (Lipinski definition) is 1. The second-order valence-corrected chi connectivity index (χ2v) is 5.81. The molecule has 0 bridgehead atoms. The van der Waals surface area contributed by atoms with Crippen molar-refractivity contribution in [1.82, 2.24) is 24.6 Å². The summed E-state index contributed by atoms with van der Waals surface area (Å²) in [6, 6.07) is 1.52. The van der Waals surface area contributed by atoms with Gasteiger partial charge in [0.25, 0.3) is 0 Å². The molecule has 1 aliphatic rings. The summed E-state index contributed by atoms with van der Waals surface area (Å²) in [4.78, 5) is 25.1. The lowest BCUT2D eigenvalue weighted by Crippen LogP contribution is -2.52. The standard InChI is InChI=1S/C16H23N7O/c1-3-23-12-14(11-19-23)20-13(2)15(24)21-7-9-22(10-8-21)16-17-5-4-6-18-16/h4-6,11-13,20H,3,7-10H2,1-2H3/t13-/m0/s1. The summed E-state index contributed by atoms with van der Waals surface area (Å²) >= 11 is 0. The van der Waals surface area contributed by atoms with E-state index in [2.05, 4.69) is 25.3 Å². The van der Waals surface area contributed by atoms with Crippen molar-refractivity contribution in [3.05, 3.63) is 30.9 Å². The molecule has 1 saturated heterocycles. The van der Waals surface area contributed by atoms with E-state index in [0.717, 1.165) is 31.3 Å². The number of amides is 1. The van der Waals surface area contributed by atoms with Gasteiger partial charge in [0, 0.05) is 51.3 Å². The predicted octanol–water partition coefficient (Wildman–Crippen LogP) is 0.842. The topological polar surface area (TPSA) is 79.2 Å². The van der Waals surface area contributed by atoms with Gasteiger partial charge in [-0.05, 0) is 19.9 Å². The van der Waals surface area contributed by atoms with Crippen molar-refractivity contribution in [3.63, 3.8) is 0 Å². The van der Waals surface area contributed by atoms with Crippen LogP contribution in [0.3, 0.4) is 0 Å². The number of carbonyl (C=O) groups excluding carboxylic acids is 1. The van der Waals surface area contributed by atoms with Gasteiger partial charge in [0.1, 0.15) is 6.04 Å². The molecule has 8 heteroatoms. The Bertz CT molecular complexity index is 664. The molecule has 0 aromatic carbocycles. The van der Waals surface area contributed by atoms with Crippen molar-refractivity contribution in [2.45, 2.75) is 26.4 Å². The Kier molecular flexibility index (Phi) is 4.93. The summed E-state index contributed by atoms with van der Waals surface area (Å²) in [6.07, 6.45) is 7.14. The summed E-state index contributed by atoms with van der Waals surface area (Å²) in [7, 11) is 0. The van der Waals surface area contributed by atoms with Crippen LogP contribution in [0.25, 0.3) is 0 Å². The minimum atomic E-state index is -0.279. The Morgan fingerprint density at radius 3 is 2.58 bits per heavy atom. The molecular weight excluding hydrogens is 306 g/mol. The number of carbonyl (C=O) groups is 1. The minimum Gasteiger partial charge on any atom is -0.371 e. The molecule has 3 heterocycles. The van der Waals surface area contributed by atoms with Crippen LogP contribution < -0.4 is 10.2 Å². The number of hydrogen-bond acceptors (Lipinski definition) is 6. The molecule has 1 atom stereocenters. The van der Waals surface area contributed by atoms with E-state index in [1.807, 2.05) is 29.6 Å². The van der Waals surface area contributed by atoms with E-state index in [-0.39, 0.29) is 11.9 Å². The third-order valence-corrected chi connectivity index (χ3v) is 4.14. The zero-order valence-corrected chi connectivity index (χ0v) is 14.1. The van der Waals surface area contributed by atoms with Crippen LogP contribution in [-0.2, 0) is 11.3 Å². The number of aryl methyl sites for hydroxylation is 1. The summed E-state index contributed by atoms with van der Waals surface area (Å²) in [6.45, 7) is 7.58. The highest BCUT2D eigenvalue weighted by Gasteiger charge is 2.25. The molecule has 3 rings (SSSR count). The van der Waals surface area contributed by atoms with Gasteiger partial charge in [0.05, 0.1) is 11.9 Å². The van der Waals surface area contributed by atoms with Gasteiger partial charge >= 0.3 is 0 Å². The molecule has 1 N–H and O–H groups in total. The first-order valence-corrected chi connectivity index (χ1v) is 8.27. The van der Waals surface area contributed by atoms with Crippen molar-refractivity contribution in [2.75, 3.05) is 36.4 Å². The summed E-state index contributed by atoms with van der Waals surface area (Å²) in [5, 5.41) is 7.44. The highest BCUT2D eigenvalue weighted by molar-refractivity contribution is 5.84. The van der Waals surface area contributed by atoms with Crippen LogP contribution in [0.1, 0.15) is 13.8 Å². The third-order valence-electron chi connectivity index (χ3n) is 4.14. The Labute approximate surface area is 141 Å². The molecule has 0 aliphatic carbocycles. The second kappa shape index (κ2) is 7.29. The fraction of sp³-hybridized carbons (Fsp3) is 0.500. The van der Waals surface area contributed by atoms with Crippen molar-refractivity contribution in [3.8, 4) is 0 Å². The van der Waals surface area contributed by atoms with Gasteiger partial charge in [-0.3, -0.25) is 9.48 Å². The lowest BCUT2D eigenvalue weighted by Gasteiger charge is -2.36. The molecule has 8 nitrogen and oxygen atoms in total. The molecule has 1 aliphatic heterocycles. The van der Waals surface area contributed by atoms with E-state index in [1.54, 1.807) is 24.7 Å². The fourth-order valence-electron chi connectivity index (χ4n) is 2.78. The maximum Gasteiger partial charge on any atom is 0.244 e. The van der Waals surface area contributed by atoms with Gasteiger partial charge in [-0.2, -0.15) is 5.10 Å². The van der Waals surface area contributed by atoms with Crippen LogP contribution in [0.5, 0.6) is 0 Å². The lowest BCUT2D eigenvalue weighted by molar-refractivity contribution is -0.131. The highest BCUT2D eigenvalue weighted by atomic mass is 16.2. The van der Waals surface area contributed by atoms with Crippen LogP contribution in [0, 0.1) is 0 Å². The predicted molar refractivity (Wildman–Crippen MR) is 91.8 cm³/mol. The number of nitrogens with one attached hydrogen (secondary N) is 1. The third kappa shape index (κ3) is 3.64. The van der Waals surface area contributed by atoms with Crippen LogP contribution in [0.2, 0.25) is 0 Å². The smallest absolute Gasteiger partial charge is 0.244 e. The monoisotopic (exact) mass is 329 g/mol. The first kappa shape index (κ1) is 16.2. The van der Waals surface area contributed by atoms with Gasteiger partial charge in [-0.15, -0.1) is 0 Å². The highest BCUT2D eigenvalue weighted by Crippen LogP contribution is 2.12. The van der Waals surface area contributed by atoms with Crippen LogP contribution in [-0.4, -0.2) is 62.8 Å². The molecule has 2 aromatic rings. The van der Waals surface area contributed by atoms with Gasteiger partial charge in [0.2, 0.25) is 11.9 Å². The fourth-order valence-corrected chi connectivity index (χ4v) is 2.78. The maximum absolute atomic E-state index is 12.6. The lowest BCUT2D eigenvalue weighted by atomic mass is 10.2. The van der Waals surface area contributed by atoms with E-state index < -0.39 is 0 Å². The molecule has 128 valence electrons. The second-order valence-electron chi connectivity index (χ2n) is 5.81. The van der Waals surface area contributed by atoms with Crippen molar-refractivity contribution in [1.29, 1.82) is 0 Å². The number of nitrogens with zero attached hydrogens (tertiary/aromatic N) is 6. The maximum atomic E-state index is 12.6. The van der Waals surface area contributed by atoms with Crippen molar-refractivity contribution >= 4 is 17.5 Å². The quantitative estimate of drug-likeness (QED) is 0.876. The van der Waals surface area contributed by atoms with Gasteiger partial charge in [-0.1, -0.05) is 0 Å². The van der Waals surface area contributed by atoms with Crippen molar-refractivity contribution < 1.29 is 4.79 Å². The summed E-state index contributed by atoms with van der Waals surface area (Å²) in [5.41, 5.74) is 0.869. The normalized spacial score (nSPS) is 16.1. The van der Waals surface area contributed by atoms with Gasteiger partial charge in [-0.25, -0.2) is 9.97 Å². The molecule has 0 saturated carbocycles. The number of aromatic nitrogens is 4. The van der Waals surface area contributed by atoms with E-state index in [1.165, 1.54) is 0 Å². The van der Waals surface area contributed by atoms with E-state index >= 15 is 0 Å². The Hall–Kier alpha value is -2.64. The molecule has 0 spiro atoms. The molecule has 0 unspecified atom stereocenters. The molecular formula is C16H23N7O.